The van der Waals surface area contributed by atoms with Crippen molar-refractivity contribution in [1.82, 2.24) is 14.8 Å². The predicted molar refractivity (Wildman–Crippen MR) is 118 cm³/mol. The van der Waals surface area contributed by atoms with Crippen LogP contribution < -0.4 is 5.32 Å². The van der Waals surface area contributed by atoms with Crippen LogP contribution in [-0.2, 0) is 6.18 Å². The van der Waals surface area contributed by atoms with Crippen molar-refractivity contribution in [3.8, 4) is 0 Å². The zero-order chi connectivity index (χ0) is 24.6. The fourth-order valence-corrected chi connectivity index (χ4v) is 4.52. The number of nitrogens with one attached hydrogen (secondary N) is 1. The largest absolute Gasteiger partial charge is 0.433 e. The highest BCUT2D eigenvalue weighted by molar-refractivity contribution is 6.04. The van der Waals surface area contributed by atoms with Gasteiger partial charge in [-0.2, -0.15) is 18.3 Å². The molecule has 34 heavy (non-hydrogen) atoms. The molecule has 2 heterocycles. The quantitative estimate of drug-likeness (QED) is 0.399. The normalized spacial score (nSPS) is 19.2. The van der Waals surface area contributed by atoms with E-state index >= 15 is 0 Å². The van der Waals surface area contributed by atoms with Crippen LogP contribution in [0.15, 0.2) is 36.5 Å². The first kappa shape index (κ1) is 24.1. The van der Waals surface area contributed by atoms with Gasteiger partial charge in [0.05, 0.1) is 17.2 Å². The minimum atomic E-state index is -4.73. The van der Waals surface area contributed by atoms with E-state index in [0.717, 1.165) is 43.9 Å². The summed E-state index contributed by atoms with van der Waals surface area (Å²) in [7, 11) is 0. The van der Waals surface area contributed by atoms with Crippen molar-refractivity contribution in [2.45, 2.75) is 58.2 Å². The number of amides is 1. The molecule has 1 N–H and O–H groups in total. The number of hydrogen-bond acceptors (Lipinski definition) is 3. The maximum Gasteiger partial charge on any atom is 0.433 e. The van der Waals surface area contributed by atoms with E-state index < -0.39 is 35.5 Å². The molecule has 1 amide bonds. The van der Waals surface area contributed by atoms with Crippen LogP contribution in [0.2, 0.25) is 0 Å². The zero-order valence-corrected chi connectivity index (χ0v) is 18.7. The third-order valence-electron chi connectivity index (χ3n) is 6.51. The van der Waals surface area contributed by atoms with Crippen molar-refractivity contribution in [1.29, 1.82) is 0 Å². The Morgan fingerprint density at radius 2 is 1.82 bits per heavy atom. The molecule has 4 rings (SSSR count). The second kappa shape index (κ2) is 9.31. The molecule has 5 nitrogen and oxygen atoms in total. The highest BCUT2D eigenvalue weighted by Gasteiger charge is 2.33. The van der Waals surface area contributed by atoms with E-state index in [-0.39, 0.29) is 11.7 Å². The standard InChI is InChI=1S/C24H25F5N4O/c1-13(2)14-6-8-16(9-7-14)33-12-15-10-20(17(22(25)26)11-19(15)32-33)31-23(34)18-4-3-5-21(30-18)24(27,28)29/h3-5,10-14,16,22H,6-9H2,1-2H3,(H,31,34)/t14-,16-. The van der Waals surface area contributed by atoms with Gasteiger partial charge in [0.2, 0.25) is 0 Å². The molecular formula is C24H25F5N4O. The highest BCUT2D eigenvalue weighted by Crippen LogP contribution is 2.37. The SMILES string of the molecule is CC(C)[C@H]1CC[C@H](n2cc3cc(NC(=O)c4cccc(C(F)(F)F)n4)c(C(F)F)cc3n2)CC1. The fraction of sp³-hybridized carbons (Fsp3) is 0.458. The van der Waals surface area contributed by atoms with Gasteiger partial charge in [-0.15, -0.1) is 0 Å². The smallest absolute Gasteiger partial charge is 0.320 e. The maximum atomic E-state index is 13.8. The molecule has 0 spiro atoms. The van der Waals surface area contributed by atoms with Crippen molar-refractivity contribution >= 4 is 22.5 Å². The molecule has 1 fully saturated rings. The lowest BCUT2D eigenvalue weighted by Crippen LogP contribution is -2.21. The molecule has 1 aromatic carbocycles. The number of fused-ring (bicyclic) bond motifs is 1. The van der Waals surface area contributed by atoms with E-state index in [9.17, 15) is 26.7 Å². The number of rotatable bonds is 5. The average Bonchev–Trinajstić information content (AvgIpc) is 3.21. The van der Waals surface area contributed by atoms with Gasteiger partial charge in [0.15, 0.2) is 0 Å². The number of pyridine rings is 1. The van der Waals surface area contributed by atoms with Gasteiger partial charge in [0, 0.05) is 17.1 Å². The Hall–Kier alpha value is -3.04. The molecule has 0 bridgehead atoms. The number of aromatic nitrogens is 3. The number of benzene rings is 1. The molecule has 2 aromatic heterocycles. The number of carbonyl (C=O) groups is 1. The first-order chi connectivity index (χ1) is 16.0. The summed E-state index contributed by atoms with van der Waals surface area (Å²) in [5, 5.41) is 7.36. The van der Waals surface area contributed by atoms with E-state index in [1.54, 1.807) is 10.9 Å². The molecule has 0 atom stereocenters. The van der Waals surface area contributed by atoms with Crippen LogP contribution in [-0.4, -0.2) is 20.7 Å². The first-order valence-electron chi connectivity index (χ1n) is 11.2. The monoisotopic (exact) mass is 480 g/mol. The Bertz CT molecular complexity index is 1180. The van der Waals surface area contributed by atoms with Crippen LogP contribution in [0.5, 0.6) is 0 Å². The molecule has 3 aromatic rings. The van der Waals surface area contributed by atoms with E-state index in [4.69, 9.17) is 0 Å². The minimum absolute atomic E-state index is 0.171. The van der Waals surface area contributed by atoms with Crippen molar-refractivity contribution in [3.05, 3.63) is 53.5 Å². The summed E-state index contributed by atoms with van der Waals surface area (Å²) in [5.41, 5.74) is -2.03. The molecule has 1 aliphatic rings. The lowest BCUT2D eigenvalue weighted by molar-refractivity contribution is -0.141. The van der Waals surface area contributed by atoms with E-state index in [0.29, 0.717) is 22.7 Å². The van der Waals surface area contributed by atoms with Gasteiger partial charge in [-0.05, 0) is 61.8 Å². The predicted octanol–water partition coefficient (Wildman–Crippen LogP) is 7.03. The molecule has 1 saturated carbocycles. The summed E-state index contributed by atoms with van der Waals surface area (Å²) in [5.74, 6) is 0.272. The Morgan fingerprint density at radius 1 is 1.12 bits per heavy atom. The van der Waals surface area contributed by atoms with Crippen LogP contribution in [0.1, 0.15) is 73.7 Å². The van der Waals surface area contributed by atoms with Gasteiger partial charge >= 0.3 is 6.18 Å². The molecule has 0 unspecified atom stereocenters. The summed E-state index contributed by atoms with van der Waals surface area (Å²) < 4.78 is 68.1. The van der Waals surface area contributed by atoms with Crippen molar-refractivity contribution in [2.24, 2.45) is 11.8 Å². The van der Waals surface area contributed by atoms with E-state index in [1.165, 1.54) is 12.1 Å². The summed E-state index contributed by atoms with van der Waals surface area (Å²) in [6, 6.07) is 5.63. The second-order valence-electron chi connectivity index (χ2n) is 9.08. The number of halogens is 5. The topological polar surface area (TPSA) is 59.8 Å². The third-order valence-corrected chi connectivity index (χ3v) is 6.51. The van der Waals surface area contributed by atoms with Gasteiger partial charge in [0.25, 0.3) is 12.3 Å². The van der Waals surface area contributed by atoms with Crippen LogP contribution in [0.3, 0.4) is 0 Å². The molecule has 10 heteroatoms. The van der Waals surface area contributed by atoms with E-state index in [1.807, 2.05) is 0 Å². The number of carbonyl (C=O) groups excluding carboxylic acids is 1. The highest BCUT2D eigenvalue weighted by atomic mass is 19.4. The lowest BCUT2D eigenvalue weighted by Gasteiger charge is -2.30. The molecule has 0 saturated heterocycles. The molecule has 0 aliphatic heterocycles. The van der Waals surface area contributed by atoms with Crippen molar-refractivity contribution < 1.29 is 26.7 Å². The van der Waals surface area contributed by atoms with Gasteiger partial charge in [-0.1, -0.05) is 19.9 Å². The van der Waals surface area contributed by atoms with Crippen LogP contribution in [0.25, 0.3) is 10.9 Å². The van der Waals surface area contributed by atoms with Crippen molar-refractivity contribution in [2.75, 3.05) is 5.32 Å². The number of nitrogens with zero attached hydrogens (tertiary/aromatic N) is 3. The van der Waals surface area contributed by atoms with Gasteiger partial charge < -0.3 is 5.32 Å². The summed E-state index contributed by atoms with van der Waals surface area (Å²) in [6.45, 7) is 4.42. The molecular weight excluding hydrogens is 455 g/mol. The Kier molecular flexibility index (Phi) is 6.60. The van der Waals surface area contributed by atoms with E-state index in [2.05, 4.69) is 29.2 Å². The van der Waals surface area contributed by atoms with Crippen LogP contribution >= 0.6 is 0 Å². The Labute approximate surface area is 193 Å². The van der Waals surface area contributed by atoms with Gasteiger partial charge in [-0.25, -0.2) is 13.8 Å². The lowest BCUT2D eigenvalue weighted by atomic mass is 9.80. The van der Waals surface area contributed by atoms with Crippen LogP contribution in [0.4, 0.5) is 27.6 Å². The summed E-state index contributed by atoms with van der Waals surface area (Å²) in [4.78, 5) is 15.9. The minimum Gasteiger partial charge on any atom is -0.320 e. The average molecular weight is 480 g/mol. The fourth-order valence-electron chi connectivity index (χ4n) is 4.52. The van der Waals surface area contributed by atoms with Crippen LogP contribution in [0, 0.1) is 11.8 Å². The number of anilines is 1. The maximum absolute atomic E-state index is 13.8. The van der Waals surface area contributed by atoms with Gasteiger partial charge in [-0.3, -0.25) is 9.48 Å². The third kappa shape index (κ3) is 5.05. The summed E-state index contributed by atoms with van der Waals surface area (Å²) >= 11 is 0. The first-order valence-corrected chi connectivity index (χ1v) is 11.2. The zero-order valence-electron chi connectivity index (χ0n) is 18.7. The second-order valence-corrected chi connectivity index (χ2v) is 9.08. The summed E-state index contributed by atoms with van der Waals surface area (Å²) in [6.07, 6.45) is -1.83. The Balaban J connectivity index is 1.60. The number of hydrogen-bond donors (Lipinski definition) is 1. The molecule has 182 valence electrons. The molecule has 0 radical (unpaired) electrons. The van der Waals surface area contributed by atoms with Gasteiger partial charge in [0.1, 0.15) is 11.4 Å². The molecule has 1 aliphatic carbocycles. The number of alkyl halides is 5. The van der Waals surface area contributed by atoms with Crippen molar-refractivity contribution in [3.63, 3.8) is 0 Å². The Morgan fingerprint density at radius 3 is 2.44 bits per heavy atom.